The van der Waals surface area contributed by atoms with Crippen molar-refractivity contribution in [3.05, 3.63) is 35.1 Å². The molecule has 0 bridgehead atoms. The zero-order valence-corrected chi connectivity index (χ0v) is 8.35. The van der Waals surface area contributed by atoms with Crippen LogP contribution in [-0.2, 0) is 17.9 Å². The Morgan fingerprint density at radius 2 is 1.88 bits per heavy atom. The molecule has 0 aromatic heterocycles. The fraction of sp³-hybridized carbons (Fsp3) is 0.400. The van der Waals surface area contributed by atoms with Crippen molar-refractivity contribution in [1.82, 2.24) is 0 Å². The minimum Gasteiger partial charge on any atom is -0.367 e. The highest BCUT2D eigenvalue weighted by atomic mass is 19.4. The number of alkyl halides is 3. The molecule has 0 heterocycles. The molecule has 0 saturated carbocycles. The van der Waals surface area contributed by atoms with E-state index in [0.29, 0.717) is 11.1 Å². The van der Waals surface area contributed by atoms with Gasteiger partial charge in [-0.3, -0.25) is 0 Å². The molecule has 0 atom stereocenters. The van der Waals surface area contributed by atoms with E-state index >= 15 is 0 Å². The van der Waals surface area contributed by atoms with Crippen LogP contribution in [0.25, 0.3) is 0 Å². The molecule has 2 N–H and O–H groups in total. The first-order valence-corrected chi connectivity index (χ1v) is 4.54. The van der Waals surface area contributed by atoms with Gasteiger partial charge in [0.1, 0.15) is 12.4 Å². The van der Waals surface area contributed by atoms with Crippen LogP contribution in [-0.4, -0.2) is 12.8 Å². The Bertz CT molecular complexity index is 351. The van der Waals surface area contributed by atoms with Crippen molar-refractivity contribution in [2.24, 2.45) is 5.73 Å². The first kappa shape index (κ1) is 12.9. The summed E-state index contributed by atoms with van der Waals surface area (Å²) in [6.07, 6.45) is -4.36. The SMILES string of the molecule is NCc1cc(F)ccc1COCC(F)(F)F. The van der Waals surface area contributed by atoms with Crippen molar-refractivity contribution in [2.75, 3.05) is 6.61 Å². The van der Waals surface area contributed by atoms with Crippen LogP contribution in [0.1, 0.15) is 11.1 Å². The Hall–Kier alpha value is -1.14. The normalized spacial score (nSPS) is 11.8. The Morgan fingerprint density at radius 3 is 2.44 bits per heavy atom. The molecular weight excluding hydrogens is 226 g/mol. The van der Waals surface area contributed by atoms with Crippen molar-refractivity contribution in [3.8, 4) is 0 Å². The second-order valence-electron chi connectivity index (χ2n) is 3.23. The number of ether oxygens (including phenoxy) is 1. The molecule has 2 nitrogen and oxygen atoms in total. The number of nitrogens with two attached hydrogens (primary N) is 1. The standard InChI is InChI=1S/C10H11F4NO/c11-9-2-1-7(8(3-9)4-15)5-16-6-10(12,13)14/h1-3H,4-6,15H2. The van der Waals surface area contributed by atoms with Gasteiger partial charge in [0.25, 0.3) is 0 Å². The van der Waals surface area contributed by atoms with E-state index in [1.807, 2.05) is 0 Å². The first-order chi connectivity index (χ1) is 7.42. The van der Waals surface area contributed by atoms with Gasteiger partial charge in [-0.15, -0.1) is 0 Å². The maximum Gasteiger partial charge on any atom is 0.411 e. The molecule has 90 valence electrons. The predicted molar refractivity (Wildman–Crippen MR) is 50.0 cm³/mol. The Kier molecular flexibility index (Phi) is 4.26. The maximum absolute atomic E-state index is 12.8. The lowest BCUT2D eigenvalue weighted by molar-refractivity contribution is -0.176. The predicted octanol–water partition coefficient (Wildman–Crippen LogP) is 2.36. The highest BCUT2D eigenvalue weighted by molar-refractivity contribution is 5.27. The van der Waals surface area contributed by atoms with E-state index < -0.39 is 18.6 Å². The summed E-state index contributed by atoms with van der Waals surface area (Å²) in [6, 6.07) is 3.71. The number of rotatable bonds is 4. The van der Waals surface area contributed by atoms with Gasteiger partial charge < -0.3 is 10.5 Å². The van der Waals surface area contributed by atoms with Crippen LogP contribution in [0.4, 0.5) is 17.6 Å². The molecule has 1 aromatic carbocycles. The molecule has 0 fully saturated rings. The summed E-state index contributed by atoms with van der Waals surface area (Å²) < 4.78 is 52.6. The highest BCUT2D eigenvalue weighted by Crippen LogP contribution is 2.17. The van der Waals surface area contributed by atoms with Crippen molar-refractivity contribution < 1.29 is 22.3 Å². The van der Waals surface area contributed by atoms with Gasteiger partial charge in [0.2, 0.25) is 0 Å². The minimum atomic E-state index is -4.36. The number of hydrogen-bond acceptors (Lipinski definition) is 2. The third-order valence-electron chi connectivity index (χ3n) is 1.91. The number of hydrogen-bond donors (Lipinski definition) is 1. The summed E-state index contributed by atoms with van der Waals surface area (Å²) in [5.41, 5.74) is 6.24. The summed E-state index contributed by atoms with van der Waals surface area (Å²) in [5.74, 6) is -0.472. The van der Waals surface area contributed by atoms with Crippen molar-refractivity contribution >= 4 is 0 Å². The average molecular weight is 237 g/mol. The van der Waals surface area contributed by atoms with Gasteiger partial charge in [0, 0.05) is 6.54 Å². The number of benzene rings is 1. The van der Waals surface area contributed by atoms with Gasteiger partial charge in [-0.2, -0.15) is 13.2 Å². The van der Waals surface area contributed by atoms with Crippen molar-refractivity contribution in [1.29, 1.82) is 0 Å². The molecule has 0 spiro atoms. The summed E-state index contributed by atoms with van der Waals surface area (Å²) in [4.78, 5) is 0. The molecule has 0 aliphatic rings. The third kappa shape index (κ3) is 4.16. The lowest BCUT2D eigenvalue weighted by Crippen LogP contribution is -2.17. The lowest BCUT2D eigenvalue weighted by atomic mass is 10.1. The molecule has 0 unspecified atom stereocenters. The van der Waals surface area contributed by atoms with Crippen LogP contribution in [0.5, 0.6) is 0 Å². The van der Waals surface area contributed by atoms with E-state index in [0.717, 1.165) is 6.07 Å². The second kappa shape index (κ2) is 5.27. The van der Waals surface area contributed by atoms with E-state index in [-0.39, 0.29) is 13.2 Å². The molecule has 0 aliphatic carbocycles. The molecule has 0 saturated heterocycles. The maximum atomic E-state index is 12.8. The summed E-state index contributed by atoms with van der Waals surface area (Å²) >= 11 is 0. The van der Waals surface area contributed by atoms with E-state index in [1.54, 1.807) is 0 Å². The van der Waals surface area contributed by atoms with Crippen LogP contribution >= 0.6 is 0 Å². The molecular formula is C10H11F4NO. The molecule has 0 amide bonds. The van der Waals surface area contributed by atoms with Crippen LogP contribution in [0.3, 0.4) is 0 Å². The van der Waals surface area contributed by atoms with Gasteiger partial charge in [-0.05, 0) is 23.3 Å². The van der Waals surface area contributed by atoms with Gasteiger partial charge in [0.05, 0.1) is 6.61 Å². The monoisotopic (exact) mass is 237 g/mol. The molecule has 0 radical (unpaired) electrons. The second-order valence-corrected chi connectivity index (χ2v) is 3.23. The average Bonchev–Trinajstić information content (AvgIpc) is 2.18. The zero-order chi connectivity index (χ0) is 12.2. The van der Waals surface area contributed by atoms with E-state index in [2.05, 4.69) is 4.74 Å². The number of halogens is 4. The van der Waals surface area contributed by atoms with Gasteiger partial charge in [-0.25, -0.2) is 4.39 Å². The fourth-order valence-corrected chi connectivity index (χ4v) is 1.20. The van der Waals surface area contributed by atoms with E-state index in [9.17, 15) is 17.6 Å². The van der Waals surface area contributed by atoms with Crippen LogP contribution in [0, 0.1) is 5.82 Å². The summed E-state index contributed by atoms with van der Waals surface area (Å²) in [6.45, 7) is -1.50. The molecule has 1 rings (SSSR count). The Labute approximate surface area is 90.0 Å². The van der Waals surface area contributed by atoms with Crippen LogP contribution in [0.2, 0.25) is 0 Å². The smallest absolute Gasteiger partial charge is 0.367 e. The molecule has 16 heavy (non-hydrogen) atoms. The zero-order valence-electron chi connectivity index (χ0n) is 8.35. The summed E-state index contributed by atoms with van der Waals surface area (Å²) in [7, 11) is 0. The van der Waals surface area contributed by atoms with Crippen LogP contribution < -0.4 is 5.73 Å². The van der Waals surface area contributed by atoms with Crippen LogP contribution in [0.15, 0.2) is 18.2 Å². The van der Waals surface area contributed by atoms with Crippen molar-refractivity contribution in [2.45, 2.75) is 19.3 Å². The molecule has 6 heteroatoms. The lowest BCUT2D eigenvalue weighted by Gasteiger charge is -2.10. The van der Waals surface area contributed by atoms with Gasteiger partial charge in [-0.1, -0.05) is 6.07 Å². The quantitative estimate of drug-likeness (QED) is 0.816. The Balaban J connectivity index is 2.60. The highest BCUT2D eigenvalue weighted by Gasteiger charge is 2.27. The van der Waals surface area contributed by atoms with E-state index in [1.165, 1.54) is 12.1 Å². The first-order valence-electron chi connectivity index (χ1n) is 4.54. The fourth-order valence-electron chi connectivity index (χ4n) is 1.20. The summed E-state index contributed by atoms with van der Waals surface area (Å²) in [5, 5.41) is 0. The van der Waals surface area contributed by atoms with E-state index in [4.69, 9.17) is 5.73 Å². The largest absolute Gasteiger partial charge is 0.411 e. The van der Waals surface area contributed by atoms with Crippen molar-refractivity contribution in [3.63, 3.8) is 0 Å². The van der Waals surface area contributed by atoms with Gasteiger partial charge in [0.15, 0.2) is 0 Å². The van der Waals surface area contributed by atoms with Gasteiger partial charge >= 0.3 is 6.18 Å². The molecule has 0 aliphatic heterocycles. The Morgan fingerprint density at radius 1 is 1.19 bits per heavy atom. The third-order valence-corrected chi connectivity index (χ3v) is 1.91. The topological polar surface area (TPSA) is 35.2 Å². The molecule has 1 aromatic rings. The minimum absolute atomic E-state index is 0.0580.